The molecule has 4 aromatic rings. The maximum atomic E-state index is 4.76. The first-order chi connectivity index (χ1) is 17.5. The number of H-pyrrole nitrogens is 2. The topological polar surface area (TPSA) is 72.6 Å². The van der Waals surface area contributed by atoms with Gasteiger partial charge in [0.1, 0.15) is 11.6 Å². The quantitative estimate of drug-likeness (QED) is 0.338. The lowest BCUT2D eigenvalue weighted by Gasteiger charge is -2.22. The molecule has 2 aromatic carbocycles. The molecular formula is C30H34N6. The average Bonchev–Trinajstić information content (AvgIpc) is 3.70. The van der Waals surface area contributed by atoms with Gasteiger partial charge in [-0.2, -0.15) is 0 Å². The normalized spacial score (nSPS) is 22.8. The largest absolute Gasteiger partial charge is 0.341 e. The van der Waals surface area contributed by atoms with Crippen LogP contribution < -0.4 is 5.32 Å². The molecule has 2 aromatic heterocycles. The third-order valence-electron chi connectivity index (χ3n) is 8.72. The second kappa shape index (κ2) is 8.15. The zero-order valence-corrected chi connectivity index (χ0v) is 21.4. The van der Waals surface area contributed by atoms with Gasteiger partial charge in [0, 0.05) is 5.41 Å². The van der Waals surface area contributed by atoms with Crippen molar-refractivity contribution < 1.29 is 0 Å². The first-order valence-corrected chi connectivity index (χ1v) is 13.3. The van der Waals surface area contributed by atoms with Crippen molar-refractivity contribution in [3.63, 3.8) is 0 Å². The first kappa shape index (κ1) is 22.0. The number of nitrogens with one attached hydrogen (secondary N) is 3. The van der Waals surface area contributed by atoms with Crippen LogP contribution in [0.3, 0.4) is 0 Å². The summed E-state index contributed by atoms with van der Waals surface area (Å²) < 4.78 is 0. The van der Waals surface area contributed by atoms with Crippen LogP contribution in [0, 0.1) is 0 Å². The fourth-order valence-corrected chi connectivity index (χ4v) is 6.56. The Morgan fingerprint density at radius 3 is 2.06 bits per heavy atom. The van der Waals surface area contributed by atoms with Gasteiger partial charge in [-0.05, 0) is 91.3 Å². The van der Waals surface area contributed by atoms with Crippen molar-refractivity contribution >= 4 is 0 Å². The van der Waals surface area contributed by atoms with Crippen molar-refractivity contribution in [3.05, 3.63) is 71.6 Å². The first-order valence-electron chi connectivity index (χ1n) is 13.3. The molecule has 0 saturated carbocycles. The van der Waals surface area contributed by atoms with Crippen LogP contribution >= 0.6 is 0 Å². The Morgan fingerprint density at radius 2 is 1.47 bits per heavy atom. The monoisotopic (exact) mass is 478 g/mol. The third kappa shape index (κ3) is 3.39. The number of nitrogens with zero attached hydrogens (tertiary/aromatic N) is 3. The van der Waals surface area contributed by atoms with E-state index in [0.717, 1.165) is 42.5 Å². The number of fused-ring (bicyclic) bond motifs is 3. The molecule has 6 nitrogen and oxygen atoms in total. The number of benzene rings is 2. The minimum absolute atomic E-state index is 0.0823. The van der Waals surface area contributed by atoms with E-state index in [1.165, 1.54) is 52.6 Å². The van der Waals surface area contributed by atoms with E-state index in [1.54, 1.807) is 0 Å². The Bertz CT molecular complexity index is 1440. The highest BCUT2D eigenvalue weighted by Gasteiger charge is 2.36. The molecule has 3 N–H and O–H groups in total. The van der Waals surface area contributed by atoms with Crippen LogP contribution in [-0.2, 0) is 5.41 Å². The van der Waals surface area contributed by atoms with E-state index in [-0.39, 0.29) is 5.41 Å². The lowest BCUT2D eigenvalue weighted by molar-refractivity contribution is 0.307. The van der Waals surface area contributed by atoms with Crippen molar-refractivity contribution in [2.45, 2.75) is 57.0 Å². The number of hydrogen-bond acceptors (Lipinski definition) is 4. The lowest BCUT2D eigenvalue weighted by Crippen LogP contribution is -2.18. The molecule has 0 amide bonds. The molecule has 184 valence electrons. The summed E-state index contributed by atoms with van der Waals surface area (Å²) in [5.74, 6) is 2.14. The van der Waals surface area contributed by atoms with Gasteiger partial charge in [0.2, 0.25) is 0 Å². The van der Waals surface area contributed by atoms with E-state index in [1.807, 2.05) is 12.4 Å². The molecule has 7 rings (SSSR count). The maximum absolute atomic E-state index is 4.76. The van der Waals surface area contributed by atoms with E-state index in [4.69, 9.17) is 9.97 Å². The van der Waals surface area contributed by atoms with Crippen molar-refractivity contribution in [2.75, 3.05) is 20.1 Å². The van der Waals surface area contributed by atoms with Crippen LogP contribution in [0.15, 0.2) is 48.8 Å². The second-order valence-corrected chi connectivity index (χ2v) is 11.3. The van der Waals surface area contributed by atoms with Gasteiger partial charge in [0.25, 0.3) is 0 Å². The smallest absolute Gasteiger partial charge is 0.123 e. The highest BCUT2D eigenvalue weighted by atomic mass is 15.2. The summed E-state index contributed by atoms with van der Waals surface area (Å²) in [5, 5.41) is 3.54. The van der Waals surface area contributed by atoms with Crippen LogP contribution in [0.5, 0.6) is 0 Å². The van der Waals surface area contributed by atoms with Crippen molar-refractivity contribution in [2.24, 2.45) is 0 Å². The summed E-state index contributed by atoms with van der Waals surface area (Å²) in [7, 11) is 2.19. The van der Waals surface area contributed by atoms with Gasteiger partial charge in [-0.15, -0.1) is 0 Å². The fourth-order valence-electron chi connectivity index (χ4n) is 6.56. The van der Waals surface area contributed by atoms with Crippen LogP contribution in [0.25, 0.3) is 33.6 Å². The van der Waals surface area contributed by atoms with E-state index in [2.05, 4.69) is 77.5 Å². The van der Waals surface area contributed by atoms with Crippen LogP contribution in [0.1, 0.15) is 74.4 Å². The molecule has 36 heavy (non-hydrogen) atoms. The van der Waals surface area contributed by atoms with Crippen molar-refractivity contribution in [3.8, 4) is 33.6 Å². The molecule has 6 heteroatoms. The number of aromatic amines is 2. The van der Waals surface area contributed by atoms with Gasteiger partial charge >= 0.3 is 0 Å². The van der Waals surface area contributed by atoms with Crippen molar-refractivity contribution in [1.82, 2.24) is 30.2 Å². The van der Waals surface area contributed by atoms with Gasteiger partial charge in [-0.25, -0.2) is 9.97 Å². The lowest BCUT2D eigenvalue weighted by atomic mass is 9.81. The Kier molecular flexibility index (Phi) is 4.98. The van der Waals surface area contributed by atoms with Gasteiger partial charge in [0.05, 0.1) is 35.9 Å². The summed E-state index contributed by atoms with van der Waals surface area (Å²) in [4.78, 5) is 19.1. The van der Waals surface area contributed by atoms with Gasteiger partial charge < -0.3 is 15.3 Å². The van der Waals surface area contributed by atoms with E-state index >= 15 is 0 Å². The van der Waals surface area contributed by atoms with Crippen LogP contribution in [0.4, 0.5) is 0 Å². The molecular weight excluding hydrogens is 444 g/mol. The molecule has 2 fully saturated rings. The zero-order chi connectivity index (χ0) is 24.4. The number of rotatable bonds is 4. The molecule has 2 atom stereocenters. The zero-order valence-electron chi connectivity index (χ0n) is 21.4. The molecule has 0 spiro atoms. The Balaban J connectivity index is 1.21. The standard InChI is InChI=1S/C30H34N6/c1-30(2)22-14-18(25-16-32-28(34-25)24-6-4-12-31-24)8-10-20(22)21-11-9-19(15-23(21)30)26-17-33-29(35-26)27-7-5-13-36(27)3/h8-11,14-17,24,27,31H,4-7,12-13H2,1-3H3,(H,32,34)(H,33,35). The third-order valence-corrected chi connectivity index (χ3v) is 8.72. The van der Waals surface area contributed by atoms with E-state index in [0.29, 0.717) is 12.1 Å². The summed E-state index contributed by atoms with van der Waals surface area (Å²) in [6, 6.07) is 14.5. The number of aromatic nitrogens is 4. The molecule has 0 radical (unpaired) electrons. The molecule has 2 unspecified atom stereocenters. The van der Waals surface area contributed by atoms with Gasteiger partial charge in [-0.1, -0.05) is 38.1 Å². The molecule has 2 aliphatic heterocycles. The molecule has 1 aliphatic carbocycles. The number of likely N-dealkylation sites (tertiary alicyclic amines) is 1. The van der Waals surface area contributed by atoms with E-state index < -0.39 is 0 Å². The summed E-state index contributed by atoms with van der Waals surface area (Å²) >= 11 is 0. The SMILES string of the molecule is CN1CCCC1c1ncc(-c2ccc3c(c2)C(C)(C)c2cc(-c4cnc(C5CCCN5)[nH]4)ccc2-3)[nH]1. The summed E-state index contributed by atoms with van der Waals surface area (Å²) in [6.45, 7) is 6.91. The highest BCUT2D eigenvalue weighted by Crippen LogP contribution is 2.50. The summed E-state index contributed by atoms with van der Waals surface area (Å²) in [5.41, 5.74) is 9.94. The second-order valence-electron chi connectivity index (χ2n) is 11.3. The number of hydrogen-bond donors (Lipinski definition) is 3. The minimum atomic E-state index is -0.0823. The van der Waals surface area contributed by atoms with E-state index in [9.17, 15) is 0 Å². The Morgan fingerprint density at radius 1 is 0.833 bits per heavy atom. The van der Waals surface area contributed by atoms with Crippen LogP contribution in [-0.4, -0.2) is 45.0 Å². The molecule has 2 saturated heterocycles. The Hall–Kier alpha value is -3.22. The predicted octanol–water partition coefficient (Wildman–Crippen LogP) is 5.96. The molecule has 3 aliphatic rings. The average molecular weight is 479 g/mol. The number of imidazole rings is 2. The van der Waals surface area contributed by atoms with Crippen molar-refractivity contribution in [1.29, 1.82) is 0 Å². The highest BCUT2D eigenvalue weighted by molar-refractivity contribution is 5.85. The minimum Gasteiger partial charge on any atom is -0.341 e. The fraction of sp³-hybridized carbons (Fsp3) is 0.400. The van der Waals surface area contributed by atoms with Gasteiger partial charge in [0.15, 0.2) is 0 Å². The molecule has 0 bridgehead atoms. The predicted molar refractivity (Wildman–Crippen MR) is 144 cm³/mol. The van der Waals surface area contributed by atoms with Gasteiger partial charge in [-0.3, -0.25) is 4.90 Å². The summed E-state index contributed by atoms with van der Waals surface area (Å²) in [6.07, 6.45) is 8.77. The Labute approximate surface area is 212 Å². The maximum Gasteiger partial charge on any atom is 0.123 e. The van der Waals surface area contributed by atoms with Crippen LogP contribution in [0.2, 0.25) is 0 Å². The molecule has 4 heterocycles.